The monoisotopic (exact) mass is 645 g/mol. The number of benzene rings is 2. The van der Waals surface area contributed by atoms with Gasteiger partial charge in [0.1, 0.15) is 29.4 Å². The molecule has 0 unspecified atom stereocenters. The number of rotatable bonds is 15. The smallest absolute Gasteiger partial charge is 0.407 e. The number of nitrogens with zero attached hydrogens (tertiary/aromatic N) is 2. The highest BCUT2D eigenvalue weighted by atomic mass is 19.1. The van der Waals surface area contributed by atoms with Gasteiger partial charge in [0.2, 0.25) is 0 Å². The SMILES string of the molecule is CC(C)(C)OC(=O)NCCCCCCNc1nc(C(=O)NCc2ccc(F)cc2C(=O)O)c(OCc2ccccc2)c2ncccc12. The number of alkyl carbamates (subject to hydrolysis) is 1. The van der Waals surface area contributed by atoms with Gasteiger partial charge in [-0.05, 0) is 69.0 Å². The second kappa shape index (κ2) is 16.3. The van der Waals surface area contributed by atoms with E-state index >= 15 is 0 Å². The zero-order valence-corrected chi connectivity index (χ0v) is 26.8. The summed E-state index contributed by atoms with van der Waals surface area (Å²) in [4.78, 5) is 46.3. The molecule has 0 aliphatic rings. The quantitative estimate of drug-likeness (QED) is 0.107. The molecule has 11 nitrogen and oxygen atoms in total. The Morgan fingerprint density at radius 1 is 0.915 bits per heavy atom. The summed E-state index contributed by atoms with van der Waals surface area (Å²) in [5.41, 5.74) is 0.737. The molecule has 2 amide bonds. The summed E-state index contributed by atoms with van der Waals surface area (Å²) in [6.45, 7) is 6.53. The van der Waals surface area contributed by atoms with Crippen LogP contribution in [0.5, 0.6) is 5.75 Å². The fraction of sp³-hybridized carbons (Fsp3) is 0.343. The number of carboxylic acid groups (broad SMARTS) is 1. The van der Waals surface area contributed by atoms with E-state index in [1.807, 2.05) is 57.2 Å². The number of aromatic nitrogens is 2. The maximum atomic E-state index is 13.7. The van der Waals surface area contributed by atoms with E-state index in [0.717, 1.165) is 43.4 Å². The molecule has 4 rings (SSSR count). The normalized spacial score (nSPS) is 11.1. The molecule has 0 saturated heterocycles. The number of halogens is 1. The number of nitrogens with one attached hydrogen (secondary N) is 3. The van der Waals surface area contributed by atoms with Crippen molar-refractivity contribution in [2.45, 2.75) is 65.2 Å². The van der Waals surface area contributed by atoms with Gasteiger partial charge < -0.3 is 30.5 Å². The van der Waals surface area contributed by atoms with Gasteiger partial charge in [0.05, 0.1) is 5.56 Å². The third kappa shape index (κ3) is 10.4. The fourth-order valence-corrected chi connectivity index (χ4v) is 4.74. The van der Waals surface area contributed by atoms with Crippen molar-refractivity contribution >= 4 is 34.7 Å². The van der Waals surface area contributed by atoms with Crippen LogP contribution in [0, 0.1) is 5.82 Å². The standard InChI is InChI=1S/C35H40FN5O6/c1-35(2,3)47-34(45)39-18-10-5-4-9-17-38-31-26-14-11-19-37-28(26)30(46-22-23-12-7-6-8-13-23)29(41-31)32(42)40-21-24-15-16-25(36)20-27(24)33(43)44/h6-8,11-16,19-20H,4-5,9-10,17-18,21-22H2,1-3H3,(H,38,41)(H,39,45)(H,40,42)(H,43,44). The van der Waals surface area contributed by atoms with Crippen LogP contribution >= 0.6 is 0 Å². The second-order valence-electron chi connectivity index (χ2n) is 11.9. The minimum atomic E-state index is -1.31. The zero-order valence-electron chi connectivity index (χ0n) is 26.8. The summed E-state index contributed by atoms with van der Waals surface area (Å²) >= 11 is 0. The minimum absolute atomic E-state index is 0.0261. The molecule has 248 valence electrons. The average molecular weight is 646 g/mol. The summed E-state index contributed by atoms with van der Waals surface area (Å²) in [5, 5.41) is 19.0. The highest BCUT2D eigenvalue weighted by Gasteiger charge is 2.23. The maximum absolute atomic E-state index is 13.7. The van der Waals surface area contributed by atoms with Gasteiger partial charge in [-0.1, -0.05) is 49.2 Å². The van der Waals surface area contributed by atoms with Crippen LogP contribution in [0.1, 0.15) is 78.4 Å². The third-order valence-electron chi connectivity index (χ3n) is 6.96. The first kappa shape index (κ1) is 34.6. The second-order valence-corrected chi connectivity index (χ2v) is 11.9. The van der Waals surface area contributed by atoms with Crippen LogP contribution in [0.2, 0.25) is 0 Å². The number of anilines is 1. The lowest BCUT2D eigenvalue weighted by Crippen LogP contribution is -2.32. The van der Waals surface area contributed by atoms with E-state index < -0.39 is 29.4 Å². The Bertz CT molecular complexity index is 1690. The molecule has 4 N–H and O–H groups in total. The number of unbranched alkanes of at least 4 members (excludes halogenated alkanes) is 3. The highest BCUT2D eigenvalue weighted by molar-refractivity contribution is 6.04. The molecule has 0 spiro atoms. The number of carboxylic acids is 1. The Kier molecular flexibility index (Phi) is 12.0. The van der Waals surface area contributed by atoms with Crippen LogP contribution in [0.25, 0.3) is 10.9 Å². The minimum Gasteiger partial charge on any atom is -0.484 e. The molecular formula is C35H40FN5O6. The van der Waals surface area contributed by atoms with Gasteiger partial charge in [0.15, 0.2) is 11.4 Å². The number of ether oxygens (including phenoxy) is 2. The van der Waals surface area contributed by atoms with Gasteiger partial charge in [0.25, 0.3) is 5.91 Å². The first-order chi connectivity index (χ1) is 22.5. The molecule has 2 heterocycles. The van der Waals surface area contributed by atoms with Gasteiger partial charge in [0, 0.05) is 31.2 Å². The lowest BCUT2D eigenvalue weighted by atomic mass is 10.1. The number of hydrogen-bond acceptors (Lipinski definition) is 8. The third-order valence-corrected chi connectivity index (χ3v) is 6.96. The van der Waals surface area contributed by atoms with Gasteiger partial charge in [-0.3, -0.25) is 9.78 Å². The van der Waals surface area contributed by atoms with Crippen molar-refractivity contribution in [2.75, 3.05) is 18.4 Å². The van der Waals surface area contributed by atoms with Crippen LogP contribution in [0.3, 0.4) is 0 Å². The van der Waals surface area contributed by atoms with E-state index in [0.29, 0.717) is 29.8 Å². The molecule has 0 saturated carbocycles. The lowest BCUT2D eigenvalue weighted by Gasteiger charge is -2.19. The van der Waals surface area contributed by atoms with Crippen molar-refractivity contribution in [1.82, 2.24) is 20.6 Å². The largest absolute Gasteiger partial charge is 0.484 e. The molecule has 0 fully saturated rings. The van der Waals surface area contributed by atoms with E-state index in [-0.39, 0.29) is 35.7 Å². The molecule has 0 atom stereocenters. The Balaban J connectivity index is 1.48. The van der Waals surface area contributed by atoms with Crippen molar-refractivity contribution < 1.29 is 33.4 Å². The average Bonchev–Trinajstić information content (AvgIpc) is 3.03. The van der Waals surface area contributed by atoms with Gasteiger partial charge >= 0.3 is 12.1 Å². The number of amides is 2. The molecule has 47 heavy (non-hydrogen) atoms. The highest BCUT2D eigenvalue weighted by Crippen LogP contribution is 2.32. The molecule has 12 heteroatoms. The molecular weight excluding hydrogens is 605 g/mol. The number of pyridine rings is 2. The van der Waals surface area contributed by atoms with Crippen LogP contribution < -0.4 is 20.7 Å². The van der Waals surface area contributed by atoms with E-state index in [2.05, 4.69) is 25.9 Å². The number of hydrogen-bond donors (Lipinski definition) is 4. The van der Waals surface area contributed by atoms with E-state index in [1.54, 1.807) is 12.3 Å². The number of carbonyl (C=O) groups is 3. The molecule has 0 aliphatic heterocycles. The molecule has 0 aliphatic carbocycles. The van der Waals surface area contributed by atoms with E-state index in [4.69, 9.17) is 9.47 Å². The topological polar surface area (TPSA) is 152 Å². The Hall–Kier alpha value is -5.26. The van der Waals surface area contributed by atoms with E-state index in [1.165, 1.54) is 6.07 Å². The lowest BCUT2D eigenvalue weighted by molar-refractivity contribution is 0.0526. The van der Waals surface area contributed by atoms with Crippen LogP contribution in [0.15, 0.2) is 66.9 Å². The van der Waals surface area contributed by atoms with Crippen LogP contribution in [-0.4, -0.2) is 51.7 Å². The predicted octanol–water partition coefficient (Wildman–Crippen LogP) is 6.47. The van der Waals surface area contributed by atoms with Gasteiger partial charge in [-0.15, -0.1) is 0 Å². The number of carbonyl (C=O) groups excluding carboxylic acids is 2. The first-order valence-corrected chi connectivity index (χ1v) is 15.5. The summed E-state index contributed by atoms with van der Waals surface area (Å²) < 4.78 is 25.1. The number of fused-ring (bicyclic) bond motifs is 1. The van der Waals surface area contributed by atoms with Crippen molar-refractivity contribution in [3.63, 3.8) is 0 Å². The summed E-state index contributed by atoms with van der Waals surface area (Å²) in [5.74, 6) is -1.97. The van der Waals surface area contributed by atoms with Crippen LogP contribution in [0.4, 0.5) is 15.0 Å². The van der Waals surface area contributed by atoms with Gasteiger partial charge in [-0.2, -0.15) is 0 Å². The van der Waals surface area contributed by atoms with Crippen molar-refractivity contribution in [2.24, 2.45) is 0 Å². The Labute approximate surface area is 272 Å². The summed E-state index contributed by atoms with van der Waals surface area (Å²) in [7, 11) is 0. The number of aromatic carboxylic acids is 1. The maximum Gasteiger partial charge on any atom is 0.407 e. The fourth-order valence-electron chi connectivity index (χ4n) is 4.74. The zero-order chi connectivity index (χ0) is 33.8. The summed E-state index contributed by atoms with van der Waals surface area (Å²) in [6, 6.07) is 16.4. The molecule has 4 aromatic rings. The first-order valence-electron chi connectivity index (χ1n) is 15.5. The Morgan fingerprint density at radius 3 is 2.38 bits per heavy atom. The van der Waals surface area contributed by atoms with Gasteiger partial charge in [-0.25, -0.2) is 19.0 Å². The molecule has 0 radical (unpaired) electrons. The Morgan fingerprint density at radius 2 is 1.66 bits per heavy atom. The van der Waals surface area contributed by atoms with Crippen molar-refractivity contribution in [3.05, 3.63) is 95.1 Å². The molecule has 2 aromatic carbocycles. The van der Waals surface area contributed by atoms with Crippen molar-refractivity contribution in [3.8, 4) is 5.75 Å². The van der Waals surface area contributed by atoms with Crippen molar-refractivity contribution in [1.29, 1.82) is 0 Å². The van der Waals surface area contributed by atoms with Crippen LogP contribution in [-0.2, 0) is 17.9 Å². The van der Waals surface area contributed by atoms with E-state index in [9.17, 15) is 23.9 Å². The molecule has 2 aromatic heterocycles. The molecule has 0 bridgehead atoms. The predicted molar refractivity (Wildman–Crippen MR) is 176 cm³/mol. The summed E-state index contributed by atoms with van der Waals surface area (Å²) in [6.07, 6.45) is 4.59.